The summed E-state index contributed by atoms with van der Waals surface area (Å²) in [6, 6.07) is 0. The van der Waals surface area contributed by atoms with Gasteiger partial charge in [0.2, 0.25) is 0 Å². The van der Waals surface area contributed by atoms with E-state index in [1.54, 1.807) is 0 Å². The lowest BCUT2D eigenvalue weighted by molar-refractivity contribution is -0.679. The number of aromatic nitrogens is 3. The van der Waals surface area contributed by atoms with Crippen molar-refractivity contribution in [1.29, 1.82) is 0 Å². The number of ether oxygens (including phenoxy) is 1. The van der Waals surface area contributed by atoms with Crippen LogP contribution in [-0.2, 0) is 0 Å². The lowest BCUT2D eigenvalue weighted by Gasteiger charge is -2.00. The Morgan fingerprint density at radius 3 is 2.91 bits per heavy atom. The van der Waals surface area contributed by atoms with Gasteiger partial charge in [-0.1, -0.05) is 0 Å². The van der Waals surface area contributed by atoms with Gasteiger partial charge in [-0.05, 0) is 4.85 Å². The third-order valence-corrected chi connectivity index (χ3v) is 1.59. The summed E-state index contributed by atoms with van der Waals surface area (Å²) in [6.45, 7) is 0. The first-order chi connectivity index (χ1) is 5.15. The van der Waals surface area contributed by atoms with Crippen molar-refractivity contribution in [3.05, 3.63) is 9.81 Å². The van der Waals surface area contributed by atoms with Crippen molar-refractivity contribution >= 4 is 21.9 Å². The van der Waals surface area contributed by atoms with Crippen molar-refractivity contribution in [2.24, 2.45) is 0 Å². The maximum Gasteiger partial charge on any atom is 0.348 e. The highest BCUT2D eigenvalue weighted by atomic mass is 79.9. The maximum atomic E-state index is 10.8. The van der Waals surface area contributed by atoms with Gasteiger partial charge >= 0.3 is 10.5 Å². The molecule has 6 nitrogen and oxygen atoms in total. The van der Waals surface area contributed by atoms with Crippen molar-refractivity contribution in [1.82, 2.24) is 10.1 Å². The number of rotatable bonds is 1. The highest BCUT2D eigenvalue weighted by molar-refractivity contribution is 9.10. The first-order valence-corrected chi connectivity index (χ1v) is 3.41. The number of nitrogen functional groups attached to an aromatic ring is 1. The van der Waals surface area contributed by atoms with Gasteiger partial charge < -0.3 is 15.7 Å². The molecule has 0 radical (unpaired) electrons. The molecule has 1 aromatic heterocycles. The number of hydrogen-bond acceptors (Lipinski definition) is 5. The van der Waals surface area contributed by atoms with E-state index in [9.17, 15) is 5.21 Å². The zero-order chi connectivity index (χ0) is 8.43. The van der Waals surface area contributed by atoms with Gasteiger partial charge in [-0.25, -0.2) is 0 Å². The lowest BCUT2D eigenvalue weighted by atomic mass is 10.8. The largest absolute Gasteiger partial charge is 0.593 e. The quantitative estimate of drug-likeness (QED) is 0.508. The Hall–Kier alpha value is -1.11. The first-order valence-electron chi connectivity index (χ1n) is 2.62. The van der Waals surface area contributed by atoms with E-state index in [0.29, 0.717) is 4.85 Å². The Kier molecular flexibility index (Phi) is 2.08. The Morgan fingerprint density at radius 2 is 2.36 bits per heavy atom. The minimum absolute atomic E-state index is 0.106. The molecule has 1 aromatic rings. The number of nitrogens with zero attached hydrogens (tertiary/aromatic N) is 3. The van der Waals surface area contributed by atoms with Crippen LogP contribution in [0.25, 0.3) is 0 Å². The fourth-order valence-electron chi connectivity index (χ4n) is 0.521. The maximum absolute atomic E-state index is 10.8. The number of halogens is 1. The average molecular weight is 221 g/mol. The summed E-state index contributed by atoms with van der Waals surface area (Å²) in [6.07, 6.45) is 0. The van der Waals surface area contributed by atoms with Crippen LogP contribution in [0, 0.1) is 5.21 Å². The molecule has 0 fully saturated rings. The molecular formula is C4H5BrN4O2. The Balaban J connectivity index is 3.24. The number of nitrogens with two attached hydrogens (primary N) is 1. The van der Waals surface area contributed by atoms with E-state index >= 15 is 0 Å². The van der Waals surface area contributed by atoms with Crippen molar-refractivity contribution in [2.45, 2.75) is 0 Å². The van der Waals surface area contributed by atoms with Gasteiger partial charge in [-0.15, -0.1) is 0 Å². The van der Waals surface area contributed by atoms with Crippen LogP contribution in [-0.4, -0.2) is 17.2 Å². The predicted molar refractivity (Wildman–Crippen MR) is 39.7 cm³/mol. The first kappa shape index (κ1) is 7.99. The molecule has 0 bridgehead atoms. The van der Waals surface area contributed by atoms with Gasteiger partial charge in [0, 0.05) is 15.9 Å². The fourth-order valence-corrected chi connectivity index (χ4v) is 0.851. The van der Waals surface area contributed by atoms with Crippen LogP contribution >= 0.6 is 15.9 Å². The van der Waals surface area contributed by atoms with Crippen molar-refractivity contribution in [3.8, 4) is 5.88 Å². The minimum Gasteiger partial charge on any atom is -0.593 e. The zero-order valence-corrected chi connectivity index (χ0v) is 7.20. The highest BCUT2D eigenvalue weighted by Crippen LogP contribution is 2.16. The van der Waals surface area contributed by atoms with Gasteiger partial charge in [-0.3, -0.25) is 0 Å². The van der Waals surface area contributed by atoms with Crippen LogP contribution < -0.4 is 15.3 Å². The number of hydrogen-bond donors (Lipinski definition) is 1. The Bertz CT molecular complexity index is 279. The average Bonchev–Trinajstić information content (AvgIpc) is 1.96. The minimum atomic E-state index is -0.125. The van der Waals surface area contributed by atoms with E-state index in [1.165, 1.54) is 7.11 Å². The summed E-state index contributed by atoms with van der Waals surface area (Å²) in [7, 11) is 1.38. The predicted octanol–water partition coefficient (Wildman–Crippen LogP) is -0.537. The van der Waals surface area contributed by atoms with Crippen LogP contribution in [0.5, 0.6) is 5.88 Å². The van der Waals surface area contributed by atoms with E-state index in [0.717, 1.165) is 0 Å². The molecule has 0 aromatic carbocycles. The van der Waals surface area contributed by atoms with Crippen LogP contribution in [0.4, 0.5) is 5.95 Å². The summed E-state index contributed by atoms with van der Waals surface area (Å²) < 4.78 is 4.81. The lowest BCUT2D eigenvalue weighted by Crippen LogP contribution is -2.34. The second kappa shape index (κ2) is 2.87. The van der Waals surface area contributed by atoms with E-state index in [2.05, 4.69) is 26.0 Å². The molecular weight excluding hydrogens is 216 g/mol. The molecule has 0 aliphatic heterocycles. The van der Waals surface area contributed by atoms with Gasteiger partial charge in [-0.2, -0.15) is 4.98 Å². The summed E-state index contributed by atoms with van der Waals surface area (Å²) in [5, 5.41) is 14.1. The van der Waals surface area contributed by atoms with Crippen molar-refractivity contribution in [3.63, 3.8) is 0 Å². The van der Waals surface area contributed by atoms with Crippen molar-refractivity contribution < 1.29 is 9.58 Å². The Morgan fingerprint density at radius 1 is 1.73 bits per heavy atom. The molecule has 60 valence electrons. The topological polar surface area (TPSA) is 88.0 Å². The van der Waals surface area contributed by atoms with Gasteiger partial charge in [0.1, 0.15) is 0 Å². The van der Waals surface area contributed by atoms with Gasteiger partial charge in [0.25, 0.3) is 5.95 Å². The van der Waals surface area contributed by atoms with Crippen LogP contribution in [0.2, 0.25) is 0 Å². The summed E-state index contributed by atoms with van der Waals surface area (Å²) >= 11 is 2.92. The summed E-state index contributed by atoms with van der Waals surface area (Å²) in [4.78, 5) is 3.92. The molecule has 0 amide bonds. The third-order valence-electron chi connectivity index (χ3n) is 0.947. The smallest absolute Gasteiger partial charge is 0.348 e. The van der Waals surface area contributed by atoms with Crippen LogP contribution in [0.1, 0.15) is 0 Å². The zero-order valence-electron chi connectivity index (χ0n) is 5.61. The highest BCUT2D eigenvalue weighted by Gasteiger charge is 2.14. The molecule has 2 N–H and O–H groups in total. The Labute approximate surface area is 70.7 Å². The molecule has 0 saturated carbocycles. The molecule has 0 spiro atoms. The standard InChI is InChI=1S/C4H5BrN4O2/c1-11-3-2(5)9(10)8-4(6)7-3/h1H3,(H2,6,7,8). The fraction of sp³-hybridized carbons (Fsp3) is 0.250. The molecule has 0 aliphatic rings. The molecule has 0 atom stereocenters. The van der Waals surface area contributed by atoms with E-state index in [1.807, 2.05) is 0 Å². The molecule has 0 saturated heterocycles. The molecule has 0 aliphatic carbocycles. The van der Waals surface area contributed by atoms with Crippen molar-refractivity contribution in [2.75, 3.05) is 12.8 Å². The molecule has 0 unspecified atom stereocenters. The molecule has 7 heteroatoms. The second-order valence-corrected chi connectivity index (χ2v) is 2.39. The monoisotopic (exact) mass is 220 g/mol. The van der Waals surface area contributed by atoms with Gasteiger partial charge in [0.15, 0.2) is 0 Å². The molecule has 11 heavy (non-hydrogen) atoms. The number of methoxy groups -OCH3 is 1. The third kappa shape index (κ3) is 1.48. The summed E-state index contributed by atoms with van der Waals surface area (Å²) in [5.74, 6) is -0.00690. The molecule has 1 heterocycles. The SMILES string of the molecule is COc1nc(N)n[n+]([O-])c1Br. The normalized spacial score (nSPS) is 9.64. The second-order valence-electron chi connectivity index (χ2n) is 1.64. The summed E-state index contributed by atoms with van der Waals surface area (Å²) in [5.41, 5.74) is 5.16. The van der Waals surface area contributed by atoms with E-state index in [4.69, 9.17) is 10.5 Å². The number of anilines is 1. The van der Waals surface area contributed by atoms with Crippen LogP contribution in [0.3, 0.4) is 0 Å². The van der Waals surface area contributed by atoms with E-state index in [-0.39, 0.29) is 16.4 Å². The van der Waals surface area contributed by atoms with Gasteiger partial charge in [0.05, 0.1) is 12.2 Å². The van der Waals surface area contributed by atoms with Crippen LogP contribution in [0.15, 0.2) is 4.60 Å². The van der Waals surface area contributed by atoms with E-state index < -0.39 is 0 Å². The molecule has 1 rings (SSSR count).